The average Bonchev–Trinajstić information content (AvgIpc) is 2.99. The maximum Gasteiger partial charge on any atom is 0.573 e. The molecule has 8 heteroatoms. The molecule has 1 aromatic heterocycles. The first-order valence-corrected chi connectivity index (χ1v) is 8.22. The SMILES string of the molecule is O=C(NCc1ccccc1OC(F)(F)F)N1CCc2sccc2C1. The van der Waals surface area contributed by atoms with Crippen LogP contribution >= 0.6 is 11.3 Å². The third kappa shape index (κ3) is 4.00. The summed E-state index contributed by atoms with van der Waals surface area (Å²) in [5, 5.41) is 4.66. The fourth-order valence-electron chi connectivity index (χ4n) is 2.58. The highest BCUT2D eigenvalue weighted by Crippen LogP contribution is 2.27. The van der Waals surface area contributed by atoms with E-state index in [4.69, 9.17) is 0 Å². The van der Waals surface area contributed by atoms with Crippen molar-refractivity contribution >= 4 is 17.4 Å². The van der Waals surface area contributed by atoms with E-state index < -0.39 is 6.36 Å². The van der Waals surface area contributed by atoms with Gasteiger partial charge in [0.2, 0.25) is 0 Å². The number of benzene rings is 1. The molecule has 0 atom stereocenters. The number of thiophene rings is 1. The first-order chi connectivity index (χ1) is 11.4. The largest absolute Gasteiger partial charge is 0.573 e. The van der Waals surface area contributed by atoms with Gasteiger partial charge in [0.05, 0.1) is 0 Å². The Balaban J connectivity index is 1.61. The van der Waals surface area contributed by atoms with E-state index >= 15 is 0 Å². The van der Waals surface area contributed by atoms with Crippen molar-refractivity contribution in [3.63, 3.8) is 0 Å². The molecule has 1 N–H and O–H groups in total. The lowest BCUT2D eigenvalue weighted by Crippen LogP contribution is -2.42. The van der Waals surface area contributed by atoms with Gasteiger partial charge in [-0.25, -0.2) is 4.79 Å². The van der Waals surface area contributed by atoms with Crippen LogP contribution in [0.3, 0.4) is 0 Å². The van der Waals surface area contributed by atoms with Crippen LogP contribution in [0.1, 0.15) is 16.0 Å². The van der Waals surface area contributed by atoms with Crippen LogP contribution in [0.15, 0.2) is 35.7 Å². The van der Waals surface area contributed by atoms with Gasteiger partial charge in [0.1, 0.15) is 5.75 Å². The first kappa shape index (κ1) is 16.6. The molecular weight excluding hydrogens is 341 g/mol. The monoisotopic (exact) mass is 356 g/mol. The van der Waals surface area contributed by atoms with Crippen molar-refractivity contribution in [2.75, 3.05) is 6.54 Å². The molecule has 0 saturated heterocycles. The fraction of sp³-hybridized carbons (Fsp3) is 0.312. The highest BCUT2D eigenvalue weighted by atomic mass is 32.1. The number of carbonyl (C=O) groups excluding carboxylic acids is 1. The van der Waals surface area contributed by atoms with E-state index in [9.17, 15) is 18.0 Å². The van der Waals surface area contributed by atoms with Crippen LogP contribution in [-0.4, -0.2) is 23.8 Å². The summed E-state index contributed by atoms with van der Waals surface area (Å²) in [6.45, 7) is 1.09. The van der Waals surface area contributed by atoms with Gasteiger partial charge in [-0.1, -0.05) is 18.2 Å². The number of halogens is 3. The molecule has 128 valence electrons. The molecule has 2 amide bonds. The summed E-state index contributed by atoms with van der Waals surface area (Å²) < 4.78 is 41.2. The molecule has 0 spiro atoms. The summed E-state index contributed by atoms with van der Waals surface area (Å²) in [6.07, 6.45) is -3.96. The number of hydrogen-bond donors (Lipinski definition) is 1. The highest BCUT2D eigenvalue weighted by molar-refractivity contribution is 7.10. The molecule has 0 aliphatic carbocycles. The van der Waals surface area contributed by atoms with Crippen LogP contribution < -0.4 is 10.1 Å². The lowest BCUT2D eigenvalue weighted by Gasteiger charge is -2.27. The number of carbonyl (C=O) groups is 1. The van der Waals surface area contributed by atoms with Crippen molar-refractivity contribution in [2.45, 2.75) is 25.9 Å². The van der Waals surface area contributed by atoms with E-state index in [-0.39, 0.29) is 23.9 Å². The third-order valence-corrected chi connectivity index (χ3v) is 4.75. The summed E-state index contributed by atoms with van der Waals surface area (Å²) in [5.41, 5.74) is 1.40. The molecule has 1 aromatic carbocycles. The van der Waals surface area contributed by atoms with Crippen LogP contribution in [0.4, 0.5) is 18.0 Å². The summed E-state index contributed by atoms with van der Waals surface area (Å²) in [4.78, 5) is 15.2. The Morgan fingerprint density at radius 2 is 2.08 bits per heavy atom. The predicted molar refractivity (Wildman–Crippen MR) is 83.8 cm³/mol. The van der Waals surface area contributed by atoms with Crippen LogP contribution in [-0.2, 0) is 19.5 Å². The van der Waals surface area contributed by atoms with Crippen LogP contribution in [0.25, 0.3) is 0 Å². The second-order valence-electron chi connectivity index (χ2n) is 5.35. The number of nitrogens with one attached hydrogen (secondary N) is 1. The third-order valence-electron chi connectivity index (χ3n) is 3.72. The van der Waals surface area contributed by atoms with Gasteiger partial charge in [0.15, 0.2) is 0 Å². The molecule has 0 saturated carbocycles. The molecule has 4 nitrogen and oxygen atoms in total. The van der Waals surface area contributed by atoms with Gasteiger partial charge in [-0.2, -0.15) is 0 Å². The number of fused-ring (bicyclic) bond motifs is 1. The van der Waals surface area contributed by atoms with E-state index in [1.165, 1.54) is 23.1 Å². The molecule has 2 aromatic rings. The van der Waals surface area contributed by atoms with Gasteiger partial charge >= 0.3 is 12.4 Å². The van der Waals surface area contributed by atoms with Gasteiger partial charge in [-0.15, -0.1) is 24.5 Å². The predicted octanol–water partition coefficient (Wildman–Crippen LogP) is 3.91. The van der Waals surface area contributed by atoms with E-state index in [1.54, 1.807) is 22.3 Å². The Kier molecular flexibility index (Phi) is 4.66. The Morgan fingerprint density at radius 1 is 1.29 bits per heavy atom. The van der Waals surface area contributed by atoms with E-state index in [0.717, 1.165) is 12.0 Å². The molecule has 1 aliphatic rings. The Hall–Kier alpha value is -2.22. The highest BCUT2D eigenvalue weighted by Gasteiger charge is 2.32. The number of amides is 2. The zero-order valence-electron chi connectivity index (χ0n) is 12.6. The van der Waals surface area contributed by atoms with Crippen molar-refractivity contribution in [1.82, 2.24) is 10.2 Å². The molecule has 0 fully saturated rings. The van der Waals surface area contributed by atoms with Gasteiger partial charge < -0.3 is 15.0 Å². The van der Waals surface area contributed by atoms with Crippen LogP contribution in [0.2, 0.25) is 0 Å². The van der Waals surface area contributed by atoms with Crippen molar-refractivity contribution in [2.24, 2.45) is 0 Å². The minimum Gasteiger partial charge on any atom is -0.405 e. The van der Waals surface area contributed by atoms with Crippen LogP contribution in [0, 0.1) is 0 Å². The standard InChI is InChI=1S/C16H15F3N2O2S/c17-16(18,19)23-13-4-2-1-3-11(13)9-20-15(22)21-7-5-14-12(10-21)6-8-24-14/h1-4,6,8H,5,7,9-10H2,(H,20,22). The van der Waals surface area contributed by atoms with Crippen LogP contribution in [0.5, 0.6) is 5.75 Å². The zero-order valence-corrected chi connectivity index (χ0v) is 13.4. The molecule has 0 unspecified atom stereocenters. The maximum atomic E-state index is 12.4. The minimum absolute atomic E-state index is 0.0297. The molecule has 0 bridgehead atoms. The van der Waals surface area contributed by atoms with Crippen molar-refractivity contribution < 1.29 is 22.7 Å². The average molecular weight is 356 g/mol. The summed E-state index contributed by atoms with van der Waals surface area (Å²) in [6, 6.07) is 7.47. The molecule has 24 heavy (non-hydrogen) atoms. The molecule has 2 heterocycles. The maximum absolute atomic E-state index is 12.4. The van der Waals surface area contributed by atoms with E-state index in [0.29, 0.717) is 13.1 Å². The molecular formula is C16H15F3N2O2S. The van der Waals surface area contributed by atoms with Gasteiger partial charge in [-0.05, 0) is 29.5 Å². The topological polar surface area (TPSA) is 41.6 Å². The Morgan fingerprint density at radius 3 is 2.88 bits per heavy atom. The molecule has 1 aliphatic heterocycles. The van der Waals surface area contributed by atoms with Gasteiger partial charge in [-0.3, -0.25) is 0 Å². The smallest absolute Gasteiger partial charge is 0.405 e. The number of para-hydroxylation sites is 1. The van der Waals surface area contributed by atoms with E-state index in [1.807, 2.05) is 11.4 Å². The van der Waals surface area contributed by atoms with Gasteiger partial charge in [0.25, 0.3) is 0 Å². The van der Waals surface area contributed by atoms with E-state index in [2.05, 4.69) is 10.1 Å². The lowest BCUT2D eigenvalue weighted by atomic mass is 10.1. The van der Waals surface area contributed by atoms with Crippen molar-refractivity contribution in [3.8, 4) is 5.75 Å². The molecule has 0 radical (unpaired) electrons. The van der Waals surface area contributed by atoms with Gasteiger partial charge in [0, 0.05) is 30.1 Å². The minimum atomic E-state index is -4.76. The van der Waals surface area contributed by atoms with Crippen molar-refractivity contribution in [3.05, 3.63) is 51.7 Å². The lowest BCUT2D eigenvalue weighted by molar-refractivity contribution is -0.274. The Bertz CT molecular complexity index is 730. The summed E-state index contributed by atoms with van der Waals surface area (Å²) in [7, 11) is 0. The second kappa shape index (κ2) is 6.72. The Labute approximate surface area is 140 Å². The van der Waals surface area contributed by atoms with Crippen molar-refractivity contribution in [1.29, 1.82) is 0 Å². The quantitative estimate of drug-likeness (QED) is 0.906. The number of rotatable bonds is 3. The number of alkyl halides is 3. The zero-order chi connectivity index (χ0) is 17.2. The number of ether oxygens (including phenoxy) is 1. The first-order valence-electron chi connectivity index (χ1n) is 7.34. The summed E-state index contributed by atoms with van der Waals surface area (Å²) in [5.74, 6) is -0.302. The number of nitrogens with zero attached hydrogens (tertiary/aromatic N) is 1. The normalized spacial score (nSPS) is 14.2. The number of hydrogen-bond acceptors (Lipinski definition) is 3. The molecule has 3 rings (SSSR count). The second-order valence-corrected chi connectivity index (χ2v) is 6.36. The summed E-state index contributed by atoms with van der Waals surface area (Å²) >= 11 is 1.68. The number of urea groups is 1. The fourth-order valence-corrected chi connectivity index (χ4v) is 3.47.